The van der Waals surface area contributed by atoms with Crippen LogP contribution in [0.3, 0.4) is 0 Å². The summed E-state index contributed by atoms with van der Waals surface area (Å²) < 4.78 is 62.6. The van der Waals surface area contributed by atoms with E-state index in [2.05, 4.69) is 10.2 Å². The SMILES string of the molecule is O=[As](O)(O)c1ccc(N=Nc2ccc([As](=O)(O)O)c([125I])c2[125I])c([125I])c1[125I]. The first-order valence-corrected chi connectivity index (χ1v) is 17.4. The van der Waals surface area contributed by atoms with E-state index in [1.54, 1.807) is 0 Å². The molecule has 0 bridgehead atoms. The molecule has 0 aliphatic carbocycles. The second kappa shape index (κ2) is 9.12. The van der Waals surface area contributed by atoms with Gasteiger partial charge in [0.05, 0.1) is 0 Å². The van der Waals surface area contributed by atoms with Gasteiger partial charge in [0.2, 0.25) is 0 Å². The molecule has 0 aliphatic rings. The van der Waals surface area contributed by atoms with Gasteiger partial charge in [0.1, 0.15) is 0 Å². The topological polar surface area (TPSA) is 140 Å². The molecular formula is C12H8As2I4N2O6. The van der Waals surface area contributed by atoms with Crippen molar-refractivity contribution < 1.29 is 23.9 Å². The Morgan fingerprint density at radius 2 is 0.923 bits per heavy atom. The van der Waals surface area contributed by atoms with E-state index in [9.17, 15) is 23.9 Å². The van der Waals surface area contributed by atoms with Gasteiger partial charge in [-0.2, -0.15) is 0 Å². The van der Waals surface area contributed by atoms with Crippen molar-refractivity contribution in [3.8, 4) is 0 Å². The molecule has 0 fully saturated rings. The predicted molar refractivity (Wildman–Crippen MR) is 129 cm³/mol. The number of nitrogens with zero attached hydrogens (tertiary/aromatic N) is 2. The molecule has 0 aliphatic heterocycles. The number of benzene rings is 2. The van der Waals surface area contributed by atoms with Gasteiger partial charge in [0.25, 0.3) is 0 Å². The summed E-state index contributed by atoms with van der Waals surface area (Å²) in [6.07, 6.45) is 0. The van der Waals surface area contributed by atoms with Crippen molar-refractivity contribution >= 4 is 139 Å². The van der Waals surface area contributed by atoms with Gasteiger partial charge in [-0.15, -0.1) is 0 Å². The van der Waals surface area contributed by atoms with Gasteiger partial charge in [-0.1, -0.05) is 0 Å². The number of hydrogen-bond donors (Lipinski definition) is 4. The van der Waals surface area contributed by atoms with E-state index in [1.165, 1.54) is 24.3 Å². The molecule has 26 heavy (non-hydrogen) atoms. The standard InChI is InChI=1S/C12H8As2I4N2O6/c15-9-5(13(21,22)23)1-3-7(11(9)17)19-20-8-4-2-6(14(24,25)26)10(16)12(8)18/h1-4H,(H2,21,22,23)(H2,24,25,26)/i15-2,16-2,17-2,18-2. The van der Waals surface area contributed by atoms with Crippen LogP contribution in [0.1, 0.15) is 0 Å². The maximum absolute atomic E-state index is 11.5. The van der Waals surface area contributed by atoms with Crippen LogP contribution in [0, 0.1) is 14.3 Å². The summed E-state index contributed by atoms with van der Waals surface area (Å²) in [5, 5.41) is 8.25. The average Bonchev–Trinajstić information content (AvgIpc) is 2.50. The van der Waals surface area contributed by atoms with E-state index < -0.39 is 28.3 Å². The van der Waals surface area contributed by atoms with E-state index in [0.29, 0.717) is 25.7 Å². The molecule has 0 radical (unpaired) electrons. The third kappa shape index (κ3) is 5.56. The van der Waals surface area contributed by atoms with E-state index >= 15 is 0 Å². The molecule has 2 aromatic carbocycles. The number of halogens is 4. The summed E-state index contributed by atoms with van der Waals surface area (Å²) in [5.41, 5.74) is 0.883. The molecule has 2 aromatic rings. The fourth-order valence-electron chi connectivity index (χ4n) is 1.77. The molecule has 0 aromatic heterocycles. The third-order valence-corrected chi connectivity index (χ3v) is 15.5. The van der Waals surface area contributed by atoms with Crippen molar-refractivity contribution in [3.05, 3.63) is 38.5 Å². The fraction of sp³-hybridized carbons (Fsp3) is 0. The number of rotatable bonds is 4. The molecule has 0 unspecified atom stereocenters. The van der Waals surface area contributed by atoms with Gasteiger partial charge < -0.3 is 0 Å². The molecule has 0 saturated heterocycles. The van der Waals surface area contributed by atoms with Crippen LogP contribution >= 0.6 is 90.4 Å². The summed E-state index contributed by atoms with van der Waals surface area (Å²) in [4.78, 5) is 0. The van der Waals surface area contributed by atoms with Crippen molar-refractivity contribution in [2.24, 2.45) is 10.2 Å². The van der Waals surface area contributed by atoms with E-state index in [4.69, 9.17) is 0 Å². The molecule has 14 heteroatoms. The van der Waals surface area contributed by atoms with Crippen molar-refractivity contribution in [1.82, 2.24) is 0 Å². The first-order chi connectivity index (χ1) is 11.8. The van der Waals surface area contributed by atoms with Gasteiger partial charge in [-0.05, 0) is 0 Å². The van der Waals surface area contributed by atoms with Crippen LogP contribution in [0.5, 0.6) is 0 Å². The second-order valence-corrected chi connectivity index (χ2v) is 15.7. The van der Waals surface area contributed by atoms with Crippen LogP contribution in [-0.4, -0.2) is 44.7 Å². The molecule has 2 rings (SSSR count). The predicted octanol–water partition coefficient (Wildman–Crippen LogP) is 1.64. The van der Waals surface area contributed by atoms with Crippen molar-refractivity contribution in [2.75, 3.05) is 0 Å². The van der Waals surface area contributed by atoms with Gasteiger partial charge in [0, 0.05) is 0 Å². The number of hydrogen-bond acceptors (Lipinski definition) is 4. The Hall–Kier alpha value is 1.52. The van der Waals surface area contributed by atoms with E-state index in [-0.39, 0.29) is 8.70 Å². The molecule has 0 heterocycles. The molecule has 0 amide bonds. The summed E-state index contributed by atoms with van der Waals surface area (Å²) in [7, 11) is 0. The van der Waals surface area contributed by atoms with Crippen LogP contribution in [-0.2, 0) is 7.48 Å². The number of azo groups is 1. The Morgan fingerprint density at radius 1 is 0.615 bits per heavy atom. The molecular weight excluding hydrogens is 918 g/mol. The van der Waals surface area contributed by atoms with Crippen molar-refractivity contribution in [1.29, 1.82) is 0 Å². The fourth-order valence-corrected chi connectivity index (χ4v) is 10.7. The zero-order valence-corrected chi connectivity index (χ0v) is 24.6. The molecule has 0 atom stereocenters. The quantitative estimate of drug-likeness (QED) is 0.209. The van der Waals surface area contributed by atoms with Crippen molar-refractivity contribution in [3.63, 3.8) is 0 Å². The van der Waals surface area contributed by atoms with Gasteiger partial charge in [-0.25, -0.2) is 0 Å². The minimum atomic E-state index is -5.02. The molecule has 0 saturated carbocycles. The first kappa shape index (κ1) is 23.8. The van der Waals surface area contributed by atoms with Crippen molar-refractivity contribution in [2.45, 2.75) is 0 Å². The Labute approximate surface area is 208 Å². The third-order valence-electron chi connectivity index (χ3n) is 2.98. The summed E-state index contributed by atoms with van der Waals surface area (Å²) >= 11 is -2.42. The summed E-state index contributed by atoms with van der Waals surface area (Å²) in [6, 6.07) is 5.64. The van der Waals surface area contributed by atoms with Crippen LogP contribution in [0.2, 0.25) is 0 Å². The van der Waals surface area contributed by atoms with Crippen LogP contribution < -0.4 is 8.70 Å². The molecule has 140 valence electrons. The van der Waals surface area contributed by atoms with Crippen LogP contribution in [0.4, 0.5) is 11.4 Å². The van der Waals surface area contributed by atoms with Crippen LogP contribution in [0.25, 0.3) is 0 Å². The van der Waals surface area contributed by atoms with E-state index in [1.807, 2.05) is 90.4 Å². The van der Waals surface area contributed by atoms with Gasteiger partial charge >= 0.3 is 211 Å². The normalized spacial score (nSPS) is 12.8. The Kier molecular flexibility index (Phi) is 8.34. The maximum atomic E-state index is 11.5. The summed E-state index contributed by atoms with van der Waals surface area (Å²) in [5.74, 6) is 0. The minimum absolute atomic E-state index is 0.00984. The van der Waals surface area contributed by atoms with E-state index in [0.717, 1.165) is 0 Å². The van der Waals surface area contributed by atoms with Crippen LogP contribution in [0.15, 0.2) is 34.5 Å². The Balaban J connectivity index is 2.46. The van der Waals surface area contributed by atoms with Gasteiger partial charge in [-0.3, -0.25) is 0 Å². The van der Waals surface area contributed by atoms with Gasteiger partial charge in [0.15, 0.2) is 0 Å². The molecule has 0 spiro atoms. The zero-order valence-electron chi connectivity index (χ0n) is 12.2. The monoisotopic (exact) mass is 925 g/mol. The second-order valence-electron chi connectivity index (χ2n) is 4.75. The average molecular weight is 926 g/mol. The Bertz CT molecular complexity index is 924. The first-order valence-electron chi connectivity index (χ1n) is 6.34. The summed E-state index contributed by atoms with van der Waals surface area (Å²) in [6.45, 7) is 0. The zero-order chi connectivity index (χ0) is 19.9. The Morgan fingerprint density at radius 3 is 1.19 bits per heavy atom. The molecule has 4 N–H and O–H groups in total. The molecule has 8 nitrogen and oxygen atoms in total.